The van der Waals surface area contributed by atoms with Crippen molar-refractivity contribution in [3.63, 3.8) is 0 Å². The Morgan fingerprint density at radius 1 is 1.03 bits per heavy atom. The Labute approximate surface area is 184 Å². The molecule has 168 valence electrons. The molecule has 0 saturated carbocycles. The van der Waals surface area contributed by atoms with Gasteiger partial charge in [-0.1, -0.05) is 24.3 Å². The molecule has 32 heavy (non-hydrogen) atoms. The summed E-state index contributed by atoms with van der Waals surface area (Å²) in [4.78, 5) is 14.7. The maximum atomic E-state index is 14.4. The summed E-state index contributed by atoms with van der Waals surface area (Å²) < 4.78 is 47.1. The minimum atomic E-state index is -2.92. The normalized spacial score (nSPS) is 19.1. The highest BCUT2D eigenvalue weighted by Gasteiger charge is 2.25. The zero-order valence-corrected chi connectivity index (χ0v) is 18.0. The molecule has 9 heteroatoms. The summed E-state index contributed by atoms with van der Waals surface area (Å²) in [6, 6.07) is 9.05. The number of halogens is 3. The van der Waals surface area contributed by atoms with E-state index in [0.29, 0.717) is 36.0 Å². The lowest BCUT2D eigenvalue weighted by molar-refractivity contribution is -0.00572. The Bertz CT molecular complexity index is 1080. The minimum Gasteiger partial charge on any atom is -0.372 e. The molecule has 2 atom stereocenters. The molecule has 0 radical (unpaired) electrons. The summed E-state index contributed by atoms with van der Waals surface area (Å²) in [6.45, 7) is 6.15. The van der Waals surface area contributed by atoms with Crippen LogP contribution in [0.25, 0.3) is 11.1 Å². The zero-order valence-electron chi connectivity index (χ0n) is 18.0. The summed E-state index contributed by atoms with van der Waals surface area (Å²) in [6.07, 6.45) is 3.07. The van der Waals surface area contributed by atoms with Crippen molar-refractivity contribution in [3.05, 3.63) is 60.3 Å². The molecule has 1 aliphatic rings. The third-order valence-electron chi connectivity index (χ3n) is 5.17. The number of pyridine rings is 1. The highest BCUT2D eigenvalue weighted by Crippen LogP contribution is 2.30. The largest absolute Gasteiger partial charge is 0.372 e. The smallest absolute Gasteiger partial charge is 0.270 e. The van der Waals surface area contributed by atoms with Gasteiger partial charge in [0, 0.05) is 43.5 Å². The van der Waals surface area contributed by atoms with Gasteiger partial charge in [-0.3, -0.25) is 0 Å². The van der Waals surface area contributed by atoms with E-state index < -0.39 is 11.9 Å². The highest BCUT2D eigenvalue weighted by molar-refractivity contribution is 5.69. The predicted octanol–water partition coefficient (Wildman–Crippen LogP) is 5.15. The van der Waals surface area contributed by atoms with Crippen molar-refractivity contribution in [3.8, 4) is 11.1 Å². The maximum Gasteiger partial charge on any atom is 0.270 e. The molecule has 4 rings (SSSR count). The van der Waals surface area contributed by atoms with Crippen LogP contribution in [0.5, 0.6) is 0 Å². The molecule has 0 unspecified atom stereocenters. The van der Waals surface area contributed by atoms with E-state index in [1.807, 2.05) is 18.7 Å². The molecule has 3 heterocycles. The fourth-order valence-corrected chi connectivity index (χ4v) is 3.70. The number of benzene rings is 1. The lowest BCUT2D eigenvalue weighted by atomic mass is 10.0. The number of alkyl halides is 2. The summed E-state index contributed by atoms with van der Waals surface area (Å²) >= 11 is 0. The molecule has 2 aromatic heterocycles. The van der Waals surface area contributed by atoms with Gasteiger partial charge < -0.3 is 15.0 Å². The number of anilines is 3. The van der Waals surface area contributed by atoms with Gasteiger partial charge in [0.1, 0.15) is 5.82 Å². The topological polar surface area (TPSA) is 63.2 Å². The van der Waals surface area contributed by atoms with Crippen LogP contribution in [0.1, 0.15) is 26.3 Å². The summed E-state index contributed by atoms with van der Waals surface area (Å²) in [7, 11) is 0. The Morgan fingerprint density at radius 2 is 1.72 bits per heavy atom. The molecule has 0 spiro atoms. The molecule has 1 fully saturated rings. The molecule has 1 saturated heterocycles. The van der Waals surface area contributed by atoms with Gasteiger partial charge in [0.25, 0.3) is 5.92 Å². The van der Waals surface area contributed by atoms with E-state index in [4.69, 9.17) is 4.74 Å². The predicted molar refractivity (Wildman–Crippen MR) is 117 cm³/mol. The second-order valence-corrected chi connectivity index (χ2v) is 8.06. The van der Waals surface area contributed by atoms with Crippen molar-refractivity contribution < 1.29 is 17.9 Å². The van der Waals surface area contributed by atoms with E-state index in [1.165, 1.54) is 18.3 Å². The van der Waals surface area contributed by atoms with Gasteiger partial charge in [-0.15, -0.1) is 0 Å². The van der Waals surface area contributed by atoms with Gasteiger partial charge in [0.05, 0.1) is 17.9 Å². The molecular formula is C23H24F3N5O. The first-order valence-corrected chi connectivity index (χ1v) is 10.3. The van der Waals surface area contributed by atoms with E-state index >= 15 is 0 Å². The monoisotopic (exact) mass is 443 g/mol. The van der Waals surface area contributed by atoms with E-state index in [2.05, 4.69) is 20.3 Å². The number of aromatic nitrogens is 3. The average molecular weight is 443 g/mol. The number of morpholine rings is 1. The second-order valence-electron chi connectivity index (χ2n) is 8.06. The van der Waals surface area contributed by atoms with E-state index in [-0.39, 0.29) is 23.5 Å². The highest BCUT2D eigenvalue weighted by atomic mass is 19.3. The number of hydrogen-bond donors (Lipinski definition) is 1. The van der Waals surface area contributed by atoms with E-state index in [9.17, 15) is 13.2 Å². The molecule has 1 aromatic carbocycles. The number of rotatable bonds is 5. The summed E-state index contributed by atoms with van der Waals surface area (Å²) in [5, 5.41) is 2.95. The molecule has 0 amide bonds. The van der Waals surface area contributed by atoms with Crippen LogP contribution in [0.4, 0.5) is 30.6 Å². The van der Waals surface area contributed by atoms with Gasteiger partial charge in [-0.05, 0) is 31.5 Å². The van der Waals surface area contributed by atoms with Crippen molar-refractivity contribution in [2.24, 2.45) is 0 Å². The number of nitrogens with one attached hydrogen (secondary N) is 1. The first-order chi connectivity index (χ1) is 15.2. The molecular weight excluding hydrogens is 419 g/mol. The van der Waals surface area contributed by atoms with Gasteiger partial charge in [-0.2, -0.15) is 9.37 Å². The maximum absolute atomic E-state index is 14.4. The van der Waals surface area contributed by atoms with Crippen molar-refractivity contribution in [1.82, 2.24) is 15.0 Å². The van der Waals surface area contributed by atoms with Crippen LogP contribution in [0, 0.1) is 5.95 Å². The Kier molecular flexibility index (Phi) is 6.01. The number of ether oxygens (including phenoxy) is 1. The third-order valence-corrected chi connectivity index (χ3v) is 5.17. The fraction of sp³-hybridized carbons (Fsp3) is 0.348. The SMILES string of the molecule is C[C@@H]1CN(c2nccc(Nc3cc(-c4ccc(C(C)(F)F)cc4)cnc3F)n2)C[C@H](C)O1. The zero-order chi connectivity index (χ0) is 22.9. The van der Waals surface area contributed by atoms with Gasteiger partial charge in [0.15, 0.2) is 0 Å². The number of nitrogens with zero attached hydrogens (tertiary/aromatic N) is 4. The van der Waals surface area contributed by atoms with Gasteiger partial charge in [0.2, 0.25) is 11.9 Å². The first-order valence-electron chi connectivity index (χ1n) is 10.3. The van der Waals surface area contributed by atoms with Gasteiger partial charge >= 0.3 is 0 Å². The van der Waals surface area contributed by atoms with E-state index in [1.54, 1.807) is 30.5 Å². The Balaban J connectivity index is 1.56. The lowest BCUT2D eigenvalue weighted by Gasteiger charge is -2.35. The molecule has 1 N–H and O–H groups in total. The average Bonchev–Trinajstić information content (AvgIpc) is 2.74. The van der Waals surface area contributed by atoms with Crippen LogP contribution in [-0.4, -0.2) is 40.2 Å². The van der Waals surface area contributed by atoms with Crippen LogP contribution < -0.4 is 10.2 Å². The Hall–Kier alpha value is -3.20. The molecule has 3 aromatic rings. The number of hydrogen-bond acceptors (Lipinski definition) is 6. The first kappa shape index (κ1) is 22.0. The standard InChI is InChI=1S/C23H24F3N5O/c1-14-12-31(13-15(2)32-14)22-27-9-8-20(30-22)29-19-10-17(11-28-21(19)24)16-4-6-18(7-5-16)23(3,25)26/h4-11,14-15H,12-13H2,1-3H3,(H,27,29,30)/t14-,15+. The van der Waals surface area contributed by atoms with Gasteiger partial charge in [-0.25, -0.2) is 18.7 Å². The molecule has 0 bridgehead atoms. The summed E-state index contributed by atoms with van der Waals surface area (Å²) in [5.74, 6) is -2.68. The third kappa shape index (κ3) is 4.99. The Morgan fingerprint density at radius 3 is 2.38 bits per heavy atom. The van der Waals surface area contributed by atoms with Crippen molar-refractivity contribution in [2.75, 3.05) is 23.3 Å². The van der Waals surface area contributed by atoms with Crippen LogP contribution in [0.15, 0.2) is 48.8 Å². The van der Waals surface area contributed by atoms with Crippen LogP contribution >= 0.6 is 0 Å². The molecule has 6 nitrogen and oxygen atoms in total. The fourth-order valence-electron chi connectivity index (χ4n) is 3.70. The lowest BCUT2D eigenvalue weighted by Crippen LogP contribution is -2.46. The van der Waals surface area contributed by atoms with Crippen LogP contribution in [-0.2, 0) is 10.7 Å². The quantitative estimate of drug-likeness (QED) is 0.551. The van der Waals surface area contributed by atoms with Crippen molar-refractivity contribution >= 4 is 17.5 Å². The van der Waals surface area contributed by atoms with Crippen molar-refractivity contribution in [1.29, 1.82) is 0 Å². The molecule has 0 aliphatic carbocycles. The van der Waals surface area contributed by atoms with E-state index in [0.717, 1.165) is 6.92 Å². The van der Waals surface area contributed by atoms with Crippen LogP contribution in [0.3, 0.4) is 0 Å². The molecule has 1 aliphatic heterocycles. The summed E-state index contributed by atoms with van der Waals surface area (Å²) in [5.41, 5.74) is 1.27. The minimum absolute atomic E-state index is 0.0522. The van der Waals surface area contributed by atoms with Crippen molar-refractivity contribution in [2.45, 2.75) is 38.9 Å². The second kappa shape index (κ2) is 8.74. The van der Waals surface area contributed by atoms with Crippen LogP contribution in [0.2, 0.25) is 0 Å².